The molecule has 0 saturated carbocycles. The number of carboxylic acid groups (broad SMARTS) is 1. The average molecular weight is 438 g/mol. The fourth-order valence-electron chi connectivity index (χ4n) is 3.37. The Labute approximate surface area is 184 Å². The number of anilines is 1. The molecule has 1 unspecified atom stereocenters. The van der Waals surface area contributed by atoms with Crippen LogP contribution in [0.4, 0.5) is 5.69 Å². The number of ether oxygens (including phenoxy) is 2. The molecule has 9 nitrogen and oxygen atoms in total. The number of benzene rings is 2. The molecule has 0 bridgehead atoms. The van der Waals surface area contributed by atoms with E-state index >= 15 is 0 Å². The third-order valence-corrected chi connectivity index (χ3v) is 4.99. The van der Waals surface area contributed by atoms with E-state index in [1.54, 1.807) is 48.5 Å². The smallest absolute Gasteiger partial charge is 0.328 e. The van der Waals surface area contributed by atoms with Gasteiger partial charge in [-0.1, -0.05) is 12.1 Å². The lowest BCUT2D eigenvalue weighted by atomic mass is 10.1. The molecule has 0 radical (unpaired) electrons. The molecule has 1 aliphatic rings. The molecular weight excluding hydrogens is 416 g/mol. The number of hydrogen-bond acceptors (Lipinski definition) is 6. The van der Waals surface area contributed by atoms with Gasteiger partial charge in [0, 0.05) is 18.7 Å². The molecule has 0 aliphatic carbocycles. The van der Waals surface area contributed by atoms with Crippen LogP contribution in [0.2, 0.25) is 0 Å². The topological polar surface area (TPSA) is 113 Å². The van der Waals surface area contributed by atoms with Crippen molar-refractivity contribution in [2.45, 2.75) is 19.0 Å². The second-order valence-corrected chi connectivity index (χ2v) is 6.97. The van der Waals surface area contributed by atoms with Crippen molar-refractivity contribution in [2.75, 3.05) is 19.1 Å². The van der Waals surface area contributed by atoms with Crippen LogP contribution < -0.4 is 14.4 Å². The largest absolute Gasteiger partial charge is 0.497 e. The quantitative estimate of drug-likeness (QED) is 0.495. The Hall–Kier alpha value is -4.14. The van der Waals surface area contributed by atoms with Crippen LogP contribution in [0.15, 0.2) is 60.7 Å². The zero-order chi connectivity index (χ0) is 23.3. The molecule has 0 aromatic heterocycles. The molecule has 3 amide bonds. The van der Waals surface area contributed by atoms with Crippen LogP contribution in [0.3, 0.4) is 0 Å². The van der Waals surface area contributed by atoms with Gasteiger partial charge in [-0.05, 0) is 42.0 Å². The first-order chi connectivity index (χ1) is 15.3. The predicted molar refractivity (Wildman–Crippen MR) is 114 cm³/mol. The van der Waals surface area contributed by atoms with Gasteiger partial charge >= 0.3 is 5.97 Å². The third kappa shape index (κ3) is 4.94. The molecule has 1 fully saturated rings. The van der Waals surface area contributed by atoms with Gasteiger partial charge in [0.25, 0.3) is 5.91 Å². The summed E-state index contributed by atoms with van der Waals surface area (Å²) in [4.78, 5) is 51.7. The molecule has 2 aromatic carbocycles. The Morgan fingerprint density at radius 1 is 1.00 bits per heavy atom. The van der Waals surface area contributed by atoms with E-state index in [0.29, 0.717) is 28.8 Å². The summed E-state index contributed by atoms with van der Waals surface area (Å²) in [6.07, 6.45) is 1.36. The second-order valence-electron chi connectivity index (χ2n) is 6.97. The molecule has 166 valence electrons. The van der Waals surface area contributed by atoms with Crippen molar-refractivity contribution in [3.63, 3.8) is 0 Å². The van der Waals surface area contributed by atoms with Gasteiger partial charge in [0.2, 0.25) is 11.8 Å². The normalized spacial score (nSPS) is 15.8. The monoisotopic (exact) mass is 438 g/mol. The lowest BCUT2D eigenvalue weighted by molar-refractivity contribution is -0.135. The highest BCUT2D eigenvalue weighted by Crippen LogP contribution is 2.28. The summed E-state index contributed by atoms with van der Waals surface area (Å²) in [5.41, 5.74) is 1.05. The fourth-order valence-corrected chi connectivity index (χ4v) is 3.37. The molecule has 1 atom stereocenters. The lowest BCUT2D eigenvalue weighted by Crippen LogP contribution is -2.44. The van der Waals surface area contributed by atoms with Gasteiger partial charge in [-0.2, -0.15) is 0 Å². The summed E-state index contributed by atoms with van der Waals surface area (Å²) in [6.45, 7) is 0.00687. The van der Waals surface area contributed by atoms with Crippen LogP contribution in [0, 0.1) is 0 Å². The van der Waals surface area contributed by atoms with Crippen LogP contribution in [0.1, 0.15) is 12.0 Å². The van der Waals surface area contributed by atoms with E-state index in [1.807, 2.05) is 0 Å². The summed E-state index contributed by atoms with van der Waals surface area (Å²) in [6, 6.07) is 12.2. The van der Waals surface area contributed by atoms with Gasteiger partial charge in [0.05, 0.1) is 26.3 Å². The van der Waals surface area contributed by atoms with Crippen molar-refractivity contribution in [3.05, 3.63) is 66.2 Å². The number of amides is 3. The minimum absolute atomic E-state index is 0.00687. The van der Waals surface area contributed by atoms with E-state index < -0.39 is 29.7 Å². The number of methoxy groups -OCH3 is 2. The molecular formula is C23H22N2O7. The summed E-state index contributed by atoms with van der Waals surface area (Å²) in [5, 5.41) is 8.87. The number of aliphatic carboxylic acids is 1. The molecule has 32 heavy (non-hydrogen) atoms. The van der Waals surface area contributed by atoms with Crippen LogP contribution >= 0.6 is 0 Å². The van der Waals surface area contributed by atoms with E-state index in [0.717, 1.165) is 11.0 Å². The van der Waals surface area contributed by atoms with Crippen molar-refractivity contribution >= 4 is 29.4 Å². The molecule has 3 rings (SSSR count). The lowest BCUT2D eigenvalue weighted by Gasteiger charge is -2.26. The first-order valence-electron chi connectivity index (χ1n) is 9.69. The minimum atomic E-state index is -1.29. The number of carboxylic acids is 1. The first-order valence-corrected chi connectivity index (χ1v) is 9.69. The van der Waals surface area contributed by atoms with E-state index in [9.17, 15) is 19.2 Å². The summed E-state index contributed by atoms with van der Waals surface area (Å²) < 4.78 is 10.2. The van der Waals surface area contributed by atoms with Gasteiger partial charge < -0.3 is 19.5 Å². The third-order valence-electron chi connectivity index (χ3n) is 4.99. The fraction of sp³-hybridized carbons (Fsp3) is 0.217. The number of rotatable bonds is 8. The number of hydrogen-bond donors (Lipinski definition) is 1. The van der Waals surface area contributed by atoms with E-state index in [-0.39, 0.29) is 13.0 Å². The Bertz CT molecular complexity index is 1050. The van der Waals surface area contributed by atoms with Gasteiger partial charge in [-0.15, -0.1) is 0 Å². The summed E-state index contributed by atoms with van der Waals surface area (Å²) >= 11 is 0. The first kappa shape index (κ1) is 22.5. The number of carbonyl (C=O) groups is 4. The Kier molecular flexibility index (Phi) is 6.89. The van der Waals surface area contributed by atoms with Crippen LogP contribution in [-0.2, 0) is 25.7 Å². The SMILES string of the molecule is COc1ccc(CN(C(=O)C=CC(=O)O)C2CC(=O)N(c3ccc(OC)cc3)C2=O)cc1. The van der Waals surface area contributed by atoms with Gasteiger partial charge in [0.1, 0.15) is 17.5 Å². The van der Waals surface area contributed by atoms with Crippen molar-refractivity contribution in [1.29, 1.82) is 0 Å². The average Bonchev–Trinajstić information content (AvgIpc) is 3.09. The molecule has 1 heterocycles. The summed E-state index contributed by atoms with van der Waals surface area (Å²) in [5.74, 6) is -1.82. The Balaban J connectivity index is 1.90. The van der Waals surface area contributed by atoms with Crippen LogP contribution in [0.25, 0.3) is 0 Å². The standard InChI is InChI=1S/C23H22N2O7/c1-31-17-7-3-15(4-8-17)14-24(20(26)11-12-22(28)29)19-13-21(27)25(23(19)30)16-5-9-18(32-2)10-6-16/h3-12,19H,13-14H2,1-2H3,(H,28,29). The maximum Gasteiger partial charge on any atom is 0.328 e. The number of imide groups is 1. The van der Waals surface area contributed by atoms with Crippen molar-refractivity contribution in [3.8, 4) is 11.5 Å². The van der Waals surface area contributed by atoms with Gasteiger partial charge in [-0.3, -0.25) is 14.4 Å². The molecule has 1 aliphatic heterocycles. The highest BCUT2D eigenvalue weighted by molar-refractivity contribution is 6.23. The number of carbonyl (C=O) groups excluding carboxylic acids is 3. The van der Waals surface area contributed by atoms with Crippen LogP contribution in [-0.4, -0.2) is 54.0 Å². The van der Waals surface area contributed by atoms with Crippen LogP contribution in [0.5, 0.6) is 11.5 Å². The van der Waals surface area contributed by atoms with Crippen molar-refractivity contribution < 1.29 is 33.8 Å². The Morgan fingerprint density at radius 3 is 2.09 bits per heavy atom. The molecule has 0 spiro atoms. The molecule has 1 saturated heterocycles. The highest BCUT2D eigenvalue weighted by Gasteiger charge is 2.44. The molecule has 2 aromatic rings. The zero-order valence-corrected chi connectivity index (χ0v) is 17.6. The summed E-state index contributed by atoms with van der Waals surface area (Å²) in [7, 11) is 3.03. The minimum Gasteiger partial charge on any atom is -0.497 e. The van der Waals surface area contributed by atoms with Gasteiger partial charge in [0.15, 0.2) is 0 Å². The van der Waals surface area contributed by atoms with E-state index in [4.69, 9.17) is 14.6 Å². The molecule has 1 N–H and O–H groups in total. The van der Waals surface area contributed by atoms with E-state index in [2.05, 4.69) is 0 Å². The Morgan fingerprint density at radius 2 is 1.56 bits per heavy atom. The molecule has 9 heteroatoms. The zero-order valence-electron chi connectivity index (χ0n) is 17.6. The maximum atomic E-state index is 13.2. The predicted octanol–water partition coefficient (Wildman–Crippen LogP) is 2.01. The van der Waals surface area contributed by atoms with Gasteiger partial charge in [-0.25, -0.2) is 9.69 Å². The van der Waals surface area contributed by atoms with E-state index in [1.165, 1.54) is 19.1 Å². The maximum absolute atomic E-state index is 13.2. The van der Waals surface area contributed by atoms with Crippen molar-refractivity contribution in [2.24, 2.45) is 0 Å². The second kappa shape index (κ2) is 9.78. The highest BCUT2D eigenvalue weighted by atomic mass is 16.5. The van der Waals surface area contributed by atoms with Crippen molar-refractivity contribution in [1.82, 2.24) is 4.90 Å². The number of nitrogens with zero attached hydrogens (tertiary/aromatic N) is 2.